The number of aromatic nitrogens is 4. The smallest absolute Gasteiger partial charge is 0.189 e. The number of hydrogen-bond acceptors (Lipinski definition) is 12. The van der Waals surface area contributed by atoms with Crippen LogP contribution in [0.3, 0.4) is 0 Å². The minimum absolute atomic E-state index is 0.0182. The third kappa shape index (κ3) is 13.1. The van der Waals surface area contributed by atoms with Gasteiger partial charge in [-0.1, -0.05) is 72.8 Å². The maximum Gasteiger partial charge on any atom is 0.189 e. The first kappa shape index (κ1) is 67.2. The number of H-pyrrole nitrogens is 4. The van der Waals surface area contributed by atoms with Crippen LogP contribution in [0.5, 0.6) is 0 Å². The zero-order valence-electron chi connectivity index (χ0n) is 62.2. The second-order valence-electron chi connectivity index (χ2n) is 29.3. The number of nitrogens with one attached hydrogen (secondary N) is 8. The van der Waals surface area contributed by atoms with Gasteiger partial charge in [-0.15, -0.1) is 0 Å². The van der Waals surface area contributed by atoms with Crippen LogP contribution >= 0.6 is 0 Å². The Morgan fingerprint density at radius 3 is 1.34 bits per heavy atom. The van der Waals surface area contributed by atoms with Crippen molar-refractivity contribution in [1.29, 1.82) is 0 Å². The molecule has 16 nitrogen and oxygen atoms in total. The molecular weight excluding hydrogens is 1390 g/mol. The van der Waals surface area contributed by atoms with Crippen molar-refractivity contribution in [1.82, 2.24) is 41.2 Å². The number of carbonyl (C=O) groups is 4. The molecule has 8 aliphatic rings. The number of aromatic amines is 4. The molecule has 0 bridgehead atoms. The van der Waals surface area contributed by atoms with Crippen LogP contribution in [0, 0.1) is 34.9 Å². The Balaban J connectivity index is 0.000000108. The first-order valence-electron chi connectivity index (χ1n) is 38.1. The molecule has 0 saturated carbocycles. The van der Waals surface area contributed by atoms with Crippen LogP contribution in [0.2, 0.25) is 0 Å². The van der Waals surface area contributed by atoms with Gasteiger partial charge in [0.2, 0.25) is 0 Å². The van der Waals surface area contributed by atoms with Gasteiger partial charge in [0.15, 0.2) is 23.1 Å². The van der Waals surface area contributed by atoms with Crippen LogP contribution in [0.25, 0.3) is 88.6 Å². The molecule has 12 aromatic rings. The second kappa shape index (κ2) is 28.8. The lowest BCUT2D eigenvalue weighted by Gasteiger charge is -2.25. The fourth-order valence-corrected chi connectivity index (χ4v) is 17.0. The summed E-state index contributed by atoms with van der Waals surface area (Å²) in [4.78, 5) is 62.1. The lowest BCUT2D eigenvalue weighted by Crippen LogP contribution is -2.34. The van der Waals surface area contributed by atoms with Crippen molar-refractivity contribution < 1.29 is 68.6 Å². The molecular formula is C86H78F6N8O8. The van der Waals surface area contributed by atoms with E-state index in [4.69, 9.17) is 23.1 Å². The van der Waals surface area contributed by atoms with Crippen LogP contribution in [0.1, 0.15) is 167 Å². The van der Waals surface area contributed by atoms with Gasteiger partial charge >= 0.3 is 0 Å². The minimum Gasteiger partial charge on any atom is -0.369 e. The normalized spacial score (nSPS) is 22.6. The molecule has 8 aromatic carbocycles. The Morgan fingerprint density at radius 2 is 0.852 bits per heavy atom. The molecule has 4 atom stereocenters. The highest BCUT2D eigenvalue weighted by molar-refractivity contribution is 6.14. The van der Waals surface area contributed by atoms with Crippen molar-refractivity contribution in [2.45, 2.75) is 115 Å². The summed E-state index contributed by atoms with van der Waals surface area (Å²) in [5.41, 5.74) is 14.2. The van der Waals surface area contributed by atoms with E-state index in [9.17, 15) is 41.1 Å². The van der Waals surface area contributed by atoms with Gasteiger partial charge in [-0.3, -0.25) is 19.2 Å². The molecule has 4 saturated heterocycles. The van der Waals surface area contributed by atoms with Crippen molar-refractivity contribution in [3.63, 3.8) is 0 Å². The van der Waals surface area contributed by atoms with Gasteiger partial charge in [0, 0.05) is 145 Å². The maximum atomic E-state index is 15.0. The highest BCUT2D eigenvalue weighted by Crippen LogP contribution is 2.44. The Labute approximate surface area is 621 Å². The summed E-state index contributed by atoms with van der Waals surface area (Å²) in [6, 6.07) is 35.4. The van der Waals surface area contributed by atoms with Gasteiger partial charge in [-0.05, 0) is 163 Å². The summed E-state index contributed by atoms with van der Waals surface area (Å²) < 4.78 is 134. The second-order valence-corrected chi connectivity index (χ2v) is 29.3. The van der Waals surface area contributed by atoms with Crippen molar-refractivity contribution in [3.05, 3.63) is 235 Å². The number of carbonyl (C=O) groups excluding carboxylic acids is 4. The number of hydrogen-bond donors (Lipinski definition) is 8. The number of ether oxygens (including phenoxy) is 4. The zero-order chi connectivity index (χ0) is 77.0. The predicted molar refractivity (Wildman–Crippen MR) is 400 cm³/mol. The van der Waals surface area contributed by atoms with Crippen molar-refractivity contribution >= 4 is 66.7 Å². The fraction of sp³-hybridized carbons (Fsp3) is 0.302. The first-order chi connectivity index (χ1) is 53.4. The molecule has 20 rings (SSSR count). The highest BCUT2D eigenvalue weighted by atomic mass is 19.1. The summed E-state index contributed by atoms with van der Waals surface area (Å²) in [5, 5.41) is 15.9. The maximum absolute atomic E-state index is 15.0. The molecule has 4 unspecified atom stereocenters. The van der Waals surface area contributed by atoms with E-state index in [1.165, 1.54) is 66.6 Å². The molecule has 108 heavy (non-hydrogen) atoms. The van der Waals surface area contributed by atoms with E-state index in [2.05, 4.69) is 72.4 Å². The molecule has 4 aromatic heterocycles. The van der Waals surface area contributed by atoms with E-state index >= 15 is 4.39 Å². The van der Waals surface area contributed by atoms with Gasteiger partial charge in [0.1, 0.15) is 61.3 Å². The summed E-state index contributed by atoms with van der Waals surface area (Å²) in [7, 11) is 0. The average molecular weight is 1470 g/mol. The average Bonchev–Trinajstić information content (AvgIpc) is 1.59. The number of halogens is 6. The summed E-state index contributed by atoms with van der Waals surface area (Å²) in [5.74, 6) is -3.44. The Kier molecular flexibility index (Phi) is 17.9. The third-order valence-electron chi connectivity index (χ3n) is 22.4. The first-order valence-corrected chi connectivity index (χ1v) is 36.6. The van der Waals surface area contributed by atoms with E-state index < -0.39 is 35.8 Å². The third-order valence-corrected chi connectivity index (χ3v) is 22.4. The molecule has 552 valence electrons. The Morgan fingerprint density at radius 1 is 0.407 bits per heavy atom. The molecule has 22 heteroatoms. The molecule has 8 N–H and O–H groups in total. The molecule has 4 fully saturated rings. The van der Waals surface area contributed by atoms with Crippen molar-refractivity contribution in [2.24, 2.45) is 0 Å². The van der Waals surface area contributed by atoms with Gasteiger partial charge in [-0.2, -0.15) is 0 Å². The zero-order valence-corrected chi connectivity index (χ0v) is 59.2. The van der Waals surface area contributed by atoms with E-state index in [1.807, 2.05) is 25.1 Å². The molecule has 0 radical (unpaired) electrons. The van der Waals surface area contributed by atoms with E-state index in [-0.39, 0.29) is 103 Å². The number of rotatable bonds is 8. The van der Waals surface area contributed by atoms with Crippen LogP contribution in [0.15, 0.2) is 133 Å². The molecule has 8 aliphatic heterocycles. The SMILES string of the molecule is CC1(c2ccc(-c3[nH]c4cc(F)cc5c4c3COCC5=O)cc2)CCCN1.CC1(c2ccc(-c3[nH]c4cc(F)cc5c4c3COCC5=O)cc2F)CCCN1.O=C1COCc2c(-c3ccc(C4CCCN4)c(F)c3)[nH]c3cc(F)cc1c23.[2H]C1(c2ccc(-c3[nH]c4cccc5c4c3C([2H])([2H])OCC5=O)cc2F)CCCN1. The number of Topliss-reactive ketones (excluding diaryl/α,β-unsaturated/α-hetero) is 4. The number of ketones is 4. The Bertz CT molecular complexity index is 5790. The summed E-state index contributed by atoms with van der Waals surface area (Å²) >= 11 is 0. The Hall–Kier alpha value is -10.1. The van der Waals surface area contributed by atoms with E-state index in [0.29, 0.717) is 125 Å². The molecule has 0 amide bonds. The quantitative estimate of drug-likeness (QED) is 0.0667. The molecule has 0 spiro atoms. The van der Waals surface area contributed by atoms with Crippen LogP contribution in [0.4, 0.5) is 26.3 Å². The fourth-order valence-electron chi connectivity index (χ4n) is 17.0. The van der Waals surface area contributed by atoms with Crippen LogP contribution < -0.4 is 21.3 Å². The predicted octanol–water partition coefficient (Wildman–Crippen LogP) is 17.1. The molecule has 12 heterocycles. The van der Waals surface area contributed by atoms with E-state index in [0.717, 1.165) is 91.5 Å². The molecule has 0 aliphatic carbocycles. The monoisotopic (exact) mass is 1470 g/mol. The van der Waals surface area contributed by atoms with Gasteiger partial charge in [0.05, 0.1) is 53.3 Å². The highest BCUT2D eigenvalue weighted by Gasteiger charge is 2.36. The van der Waals surface area contributed by atoms with Crippen molar-refractivity contribution in [2.75, 3.05) is 52.6 Å². The summed E-state index contributed by atoms with van der Waals surface area (Å²) in [6.45, 7) is 5.74. The lowest BCUT2D eigenvalue weighted by atomic mass is 9.89. The minimum atomic E-state index is -2.21. The largest absolute Gasteiger partial charge is 0.369 e. The van der Waals surface area contributed by atoms with E-state index in [1.54, 1.807) is 36.4 Å². The summed E-state index contributed by atoms with van der Waals surface area (Å²) in [6.07, 6.45) is 7.52. The van der Waals surface area contributed by atoms with Crippen LogP contribution in [-0.4, -0.2) is 95.7 Å². The topological polar surface area (TPSA) is 216 Å². The number of benzene rings is 8. The van der Waals surface area contributed by atoms with Crippen molar-refractivity contribution in [3.8, 4) is 45.0 Å². The van der Waals surface area contributed by atoms with Gasteiger partial charge < -0.3 is 60.2 Å². The van der Waals surface area contributed by atoms with Crippen LogP contribution in [-0.2, 0) is 56.4 Å². The van der Waals surface area contributed by atoms with Gasteiger partial charge in [0.25, 0.3) is 0 Å². The van der Waals surface area contributed by atoms with Gasteiger partial charge in [-0.25, -0.2) is 26.3 Å². The lowest BCUT2D eigenvalue weighted by molar-refractivity contribution is 0.0738. The standard InChI is InChI=1S/C22H20F2N2O2.C22H21FN2O2.C21H18F2N2O2.C21H19FN2O2/c1-22(5-2-6-25-22)16-4-3-12(7-17(16)24)21-15-10-28-11-19(27)14-8-13(23)9-18(26-21)20(14)15;1-22(7-2-8-24-22)14-5-3-13(4-6-14)21-17-11-27-12-19(26)16-9-15(23)10-18(25-21)20(16)17;22-12-7-14-19(26)10-27-9-15-20(14)18(8-12)25-21(15)11-3-4-13(16(23)6-11)17-2-1-5-24-17;22-16-9-12(6-7-13(16)17-5-2-8-23-17)21-15-10-26-11-19(25)14-3-1-4-18(24-21)20(14)15/h3-4,7-9,25-26H,2,5-6,10-11H2,1H3;3-6,9-10,24-25H,2,7-8,11-12H2,1H3;3-4,6-8,17,24-25H,1-2,5,9-10H2;1,3-4,6-7,9,17,23-24H,2,5,8,10-11H2/i;;;10D2,17D.